The molecule has 0 aromatic heterocycles. The maximum Gasteiger partial charge on any atom is 0.404 e. The van der Waals surface area contributed by atoms with Crippen LogP contribution in [0.25, 0.3) is 0 Å². The zero-order valence-corrected chi connectivity index (χ0v) is 21.0. The van der Waals surface area contributed by atoms with Crippen LogP contribution in [0.5, 0.6) is 0 Å². The molecule has 7 nitrogen and oxygen atoms in total. The van der Waals surface area contributed by atoms with Gasteiger partial charge in [0, 0.05) is 24.0 Å². The van der Waals surface area contributed by atoms with Gasteiger partial charge in [-0.25, -0.2) is 0 Å². The maximum atomic E-state index is 14.8. The first kappa shape index (κ1) is 25.1. The Balaban J connectivity index is 1.70. The van der Waals surface area contributed by atoms with Crippen molar-refractivity contribution in [2.24, 2.45) is 5.92 Å². The van der Waals surface area contributed by atoms with Crippen molar-refractivity contribution in [3.63, 3.8) is 0 Å². The average molecular weight is 536 g/mol. The second-order valence-electron chi connectivity index (χ2n) is 10.00. The average Bonchev–Trinajstić information content (AvgIpc) is 3.48. The van der Waals surface area contributed by atoms with Gasteiger partial charge in [-0.15, -0.1) is 0 Å². The van der Waals surface area contributed by atoms with Crippen molar-refractivity contribution in [3.8, 4) is 0 Å². The molecule has 2 amide bonds. The van der Waals surface area contributed by atoms with Crippen molar-refractivity contribution in [1.82, 2.24) is 5.32 Å². The standard InChI is InChI=1S/C29H24F3N3O4/c1-34-20-14-8-6-12-18(20)27(25(34)37)22(24(36)39-2)23(29(30,31)32)33-28(27)19-13-7-9-15-21(19)35(26(28)38)16-17-10-4-3-5-11-17/h3-15,22-23,33H,16H2,1-2H3/t22-,23-,27+,28-/m1/s1. The molecule has 3 aromatic rings. The summed E-state index contributed by atoms with van der Waals surface area (Å²) < 4.78 is 49.3. The number of anilines is 2. The van der Waals surface area contributed by atoms with Gasteiger partial charge in [0.1, 0.15) is 22.9 Å². The maximum absolute atomic E-state index is 14.8. The highest BCUT2D eigenvalue weighted by Crippen LogP contribution is 2.65. The molecule has 10 heteroatoms. The number of carbonyl (C=O) groups is 3. The molecular formula is C29H24F3N3O4. The minimum absolute atomic E-state index is 0.0570. The van der Waals surface area contributed by atoms with Gasteiger partial charge < -0.3 is 14.5 Å². The third-order valence-electron chi connectivity index (χ3n) is 8.25. The third kappa shape index (κ3) is 3.06. The summed E-state index contributed by atoms with van der Waals surface area (Å²) in [6, 6.07) is 19.3. The van der Waals surface area contributed by atoms with Gasteiger partial charge in [0.05, 0.1) is 13.7 Å². The van der Waals surface area contributed by atoms with Crippen molar-refractivity contribution in [2.75, 3.05) is 24.0 Å². The molecule has 39 heavy (non-hydrogen) atoms. The summed E-state index contributed by atoms with van der Waals surface area (Å²) in [5, 5.41) is 2.55. The van der Waals surface area contributed by atoms with Crippen LogP contribution in [-0.2, 0) is 36.6 Å². The number of carbonyl (C=O) groups excluding carboxylic acids is 3. The topological polar surface area (TPSA) is 79.0 Å². The van der Waals surface area contributed by atoms with Gasteiger partial charge in [-0.1, -0.05) is 66.7 Å². The summed E-state index contributed by atoms with van der Waals surface area (Å²) in [4.78, 5) is 45.1. The predicted molar refractivity (Wildman–Crippen MR) is 136 cm³/mol. The number of alkyl halides is 3. The van der Waals surface area contributed by atoms with Crippen molar-refractivity contribution in [3.05, 3.63) is 95.6 Å². The summed E-state index contributed by atoms with van der Waals surface area (Å²) in [5.74, 6) is -4.84. The van der Waals surface area contributed by atoms with Gasteiger partial charge in [0.25, 0.3) is 5.91 Å². The van der Waals surface area contributed by atoms with Crippen LogP contribution in [0.15, 0.2) is 78.9 Å². The molecule has 1 saturated heterocycles. The quantitative estimate of drug-likeness (QED) is 0.518. The molecule has 200 valence electrons. The normalized spacial score (nSPS) is 27.4. The number of hydrogen-bond acceptors (Lipinski definition) is 5. The number of hydrogen-bond donors (Lipinski definition) is 1. The fraction of sp³-hybridized carbons (Fsp3) is 0.276. The molecule has 0 radical (unpaired) electrons. The van der Waals surface area contributed by atoms with Gasteiger partial charge in [-0.2, -0.15) is 13.2 Å². The lowest BCUT2D eigenvalue weighted by Gasteiger charge is -2.40. The van der Waals surface area contributed by atoms with Gasteiger partial charge in [-0.05, 0) is 23.3 Å². The van der Waals surface area contributed by atoms with E-state index < -0.39 is 46.9 Å². The highest BCUT2D eigenvalue weighted by Gasteiger charge is 2.82. The van der Waals surface area contributed by atoms with E-state index in [-0.39, 0.29) is 17.7 Å². The molecule has 0 saturated carbocycles. The summed E-state index contributed by atoms with van der Waals surface area (Å²) in [6.07, 6.45) is -4.99. The molecule has 4 atom stereocenters. The van der Waals surface area contributed by atoms with Crippen LogP contribution in [0.4, 0.5) is 24.5 Å². The number of amides is 2. The second kappa shape index (κ2) is 8.41. The third-order valence-corrected chi connectivity index (χ3v) is 8.25. The molecule has 0 bridgehead atoms. The molecular weight excluding hydrogens is 511 g/mol. The van der Waals surface area contributed by atoms with E-state index in [0.717, 1.165) is 12.7 Å². The smallest absolute Gasteiger partial charge is 0.404 e. The van der Waals surface area contributed by atoms with Crippen LogP contribution in [-0.4, -0.2) is 44.2 Å². The largest absolute Gasteiger partial charge is 0.469 e. The fourth-order valence-corrected chi connectivity index (χ4v) is 6.77. The molecule has 2 spiro atoms. The number of likely N-dealkylation sites (N-methyl/N-ethyl adjacent to an activating group) is 1. The number of para-hydroxylation sites is 2. The number of esters is 1. The van der Waals surface area contributed by atoms with Crippen LogP contribution >= 0.6 is 0 Å². The van der Waals surface area contributed by atoms with E-state index in [1.165, 1.54) is 22.9 Å². The Morgan fingerprint density at radius 3 is 2.13 bits per heavy atom. The highest BCUT2D eigenvalue weighted by molar-refractivity contribution is 6.20. The number of fused-ring (bicyclic) bond motifs is 5. The molecule has 1 fully saturated rings. The molecule has 1 N–H and O–H groups in total. The lowest BCUT2D eigenvalue weighted by molar-refractivity contribution is -0.178. The number of ether oxygens (including phenoxy) is 1. The SMILES string of the molecule is COC(=O)[C@H]1[C@H](C(F)(F)F)N[C@]2(C(=O)N(Cc3ccccc3)c3ccccc32)[C@]12C(=O)N(C)c1ccccc12. The summed E-state index contributed by atoms with van der Waals surface area (Å²) in [5.41, 5.74) is -2.71. The first-order chi connectivity index (χ1) is 18.6. The van der Waals surface area contributed by atoms with Crippen LogP contribution in [0.1, 0.15) is 16.7 Å². The van der Waals surface area contributed by atoms with E-state index in [1.54, 1.807) is 66.7 Å². The van der Waals surface area contributed by atoms with Crippen molar-refractivity contribution in [1.29, 1.82) is 0 Å². The van der Waals surface area contributed by atoms with E-state index in [9.17, 15) is 27.6 Å². The van der Waals surface area contributed by atoms with Gasteiger partial charge >= 0.3 is 12.1 Å². The number of nitrogens with one attached hydrogen (secondary N) is 1. The van der Waals surface area contributed by atoms with Crippen LogP contribution in [0, 0.1) is 5.92 Å². The number of benzene rings is 3. The lowest BCUT2D eigenvalue weighted by Crippen LogP contribution is -2.63. The second-order valence-corrected chi connectivity index (χ2v) is 10.00. The number of methoxy groups -OCH3 is 1. The number of rotatable bonds is 3. The number of nitrogens with zero attached hydrogens (tertiary/aromatic N) is 2. The monoisotopic (exact) mass is 535 g/mol. The predicted octanol–water partition coefficient (Wildman–Crippen LogP) is 3.67. The summed E-state index contributed by atoms with van der Waals surface area (Å²) >= 11 is 0. The molecule has 0 aliphatic carbocycles. The first-order valence-corrected chi connectivity index (χ1v) is 12.4. The van der Waals surface area contributed by atoms with Crippen molar-refractivity contribution in [2.45, 2.75) is 29.7 Å². The van der Waals surface area contributed by atoms with Crippen LogP contribution in [0.3, 0.4) is 0 Å². The first-order valence-electron chi connectivity index (χ1n) is 12.4. The lowest BCUT2D eigenvalue weighted by atomic mass is 9.59. The number of halogens is 3. The minimum Gasteiger partial charge on any atom is -0.469 e. The van der Waals surface area contributed by atoms with Crippen LogP contribution in [0.2, 0.25) is 0 Å². The van der Waals surface area contributed by atoms with E-state index >= 15 is 0 Å². The Morgan fingerprint density at radius 2 is 1.49 bits per heavy atom. The van der Waals surface area contributed by atoms with Crippen molar-refractivity contribution < 1.29 is 32.3 Å². The Bertz CT molecular complexity index is 1510. The van der Waals surface area contributed by atoms with E-state index in [2.05, 4.69) is 5.32 Å². The van der Waals surface area contributed by atoms with Crippen LogP contribution < -0.4 is 15.1 Å². The van der Waals surface area contributed by atoms with Crippen molar-refractivity contribution >= 4 is 29.2 Å². The minimum atomic E-state index is -4.99. The molecule has 3 heterocycles. The molecule has 3 aromatic carbocycles. The Hall–Kier alpha value is -4.18. The van der Waals surface area contributed by atoms with Gasteiger partial charge in [-0.3, -0.25) is 19.7 Å². The summed E-state index contributed by atoms with van der Waals surface area (Å²) in [6.45, 7) is 0.0570. The summed E-state index contributed by atoms with van der Waals surface area (Å²) in [7, 11) is 2.42. The van der Waals surface area contributed by atoms with Gasteiger partial charge in [0.2, 0.25) is 5.91 Å². The fourth-order valence-electron chi connectivity index (χ4n) is 6.77. The molecule has 3 aliphatic heterocycles. The highest BCUT2D eigenvalue weighted by atomic mass is 19.4. The zero-order chi connectivity index (χ0) is 27.7. The molecule has 0 unspecified atom stereocenters. The van der Waals surface area contributed by atoms with E-state index in [4.69, 9.17) is 4.74 Å². The van der Waals surface area contributed by atoms with E-state index in [1.807, 2.05) is 6.07 Å². The zero-order valence-electron chi connectivity index (χ0n) is 21.0. The van der Waals surface area contributed by atoms with E-state index in [0.29, 0.717) is 11.4 Å². The molecule has 3 aliphatic rings. The van der Waals surface area contributed by atoms with Gasteiger partial charge in [0.15, 0.2) is 0 Å². The Labute approximate surface area is 222 Å². The Morgan fingerprint density at radius 1 is 0.897 bits per heavy atom. The Kier molecular flexibility index (Phi) is 5.42. The molecule has 6 rings (SSSR count).